The molecule has 0 aliphatic heterocycles. The third kappa shape index (κ3) is 15.0. The van der Waals surface area contributed by atoms with E-state index in [9.17, 15) is 4.79 Å². The Morgan fingerprint density at radius 1 is 1.05 bits per heavy atom. The highest BCUT2D eigenvalue weighted by molar-refractivity contribution is 5.75. The van der Waals surface area contributed by atoms with E-state index in [2.05, 4.69) is 37.9 Å². The van der Waals surface area contributed by atoms with Crippen LogP contribution < -0.4 is 5.32 Å². The van der Waals surface area contributed by atoms with Crippen LogP contribution in [0.4, 0.5) is 0 Å². The molecule has 2 heteroatoms. The number of hydrogen-bond donors (Lipinski definition) is 1. The lowest BCUT2D eigenvalue weighted by Crippen LogP contribution is -2.23. The van der Waals surface area contributed by atoms with Crippen molar-refractivity contribution < 1.29 is 4.79 Å². The van der Waals surface area contributed by atoms with E-state index in [1.807, 2.05) is 0 Å². The van der Waals surface area contributed by atoms with Crippen molar-refractivity contribution in [3.63, 3.8) is 0 Å². The van der Waals surface area contributed by atoms with Crippen LogP contribution in [0.15, 0.2) is 0 Å². The Hall–Kier alpha value is -0.970. The molecular weight excluding hydrogens is 234 g/mol. The number of carbonyl (C=O) groups is 1. The van der Waals surface area contributed by atoms with Gasteiger partial charge in [-0.1, -0.05) is 59.3 Å². The monoisotopic (exact) mass is 265 g/mol. The van der Waals surface area contributed by atoms with Crippen LogP contribution >= 0.6 is 0 Å². The van der Waals surface area contributed by atoms with Gasteiger partial charge in [-0.05, 0) is 6.42 Å². The minimum absolute atomic E-state index is 0.180. The molecule has 0 atom stereocenters. The lowest BCUT2D eigenvalue weighted by atomic mass is 10.1. The summed E-state index contributed by atoms with van der Waals surface area (Å²) in [6.07, 6.45) is 10.2. The van der Waals surface area contributed by atoms with Gasteiger partial charge in [0.05, 0.1) is 0 Å². The summed E-state index contributed by atoms with van der Waals surface area (Å²) in [5, 5.41) is 2.93. The van der Waals surface area contributed by atoms with Crippen LogP contribution in [0.25, 0.3) is 0 Å². The van der Waals surface area contributed by atoms with Crippen molar-refractivity contribution in [1.29, 1.82) is 0 Å². The summed E-state index contributed by atoms with van der Waals surface area (Å²) in [5.74, 6) is 6.77. The van der Waals surface area contributed by atoms with Crippen LogP contribution in [0.2, 0.25) is 0 Å². The van der Waals surface area contributed by atoms with Crippen LogP contribution in [0.5, 0.6) is 0 Å². The zero-order valence-electron chi connectivity index (χ0n) is 13.1. The maximum atomic E-state index is 11.5. The molecule has 0 spiro atoms. The molecule has 0 aliphatic carbocycles. The average Bonchev–Trinajstić information content (AvgIpc) is 2.37. The van der Waals surface area contributed by atoms with Crippen LogP contribution in [-0.4, -0.2) is 12.5 Å². The largest absolute Gasteiger partial charge is 0.355 e. The van der Waals surface area contributed by atoms with Crippen molar-refractivity contribution in [2.45, 2.75) is 78.6 Å². The molecule has 0 saturated carbocycles. The quantitative estimate of drug-likeness (QED) is 0.463. The smallest absolute Gasteiger partial charge is 0.220 e. The lowest BCUT2D eigenvalue weighted by molar-refractivity contribution is -0.121. The van der Waals surface area contributed by atoms with Gasteiger partial charge in [0.2, 0.25) is 5.91 Å². The Morgan fingerprint density at radius 3 is 2.32 bits per heavy atom. The number of carbonyl (C=O) groups excluding carboxylic acids is 1. The molecule has 0 heterocycles. The van der Waals surface area contributed by atoms with Crippen LogP contribution in [0, 0.1) is 17.8 Å². The third-order valence-electron chi connectivity index (χ3n) is 2.97. The first-order valence-corrected chi connectivity index (χ1v) is 7.92. The predicted octanol–water partition coefficient (Wildman–Crippen LogP) is 4.29. The van der Waals surface area contributed by atoms with Gasteiger partial charge in [-0.25, -0.2) is 0 Å². The molecule has 0 aromatic carbocycles. The minimum atomic E-state index is 0.180. The Kier molecular flexibility index (Phi) is 12.8. The Morgan fingerprint density at radius 2 is 1.68 bits per heavy atom. The van der Waals surface area contributed by atoms with Gasteiger partial charge in [-0.15, -0.1) is 11.8 Å². The van der Waals surface area contributed by atoms with E-state index < -0.39 is 0 Å². The van der Waals surface area contributed by atoms with E-state index in [4.69, 9.17) is 0 Å². The first kappa shape index (κ1) is 18.0. The summed E-state index contributed by atoms with van der Waals surface area (Å²) in [4.78, 5) is 11.5. The lowest BCUT2D eigenvalue weighted by Gasteiger charge is -2.03. The fourth-order valence-corrected chi connectivity index (χ4v) is 1.87. The first-order valence-electron chi connectivity index (χ1n) is 7.92. The van der Waals surface area contributed by atoms with Gasteiger partial charge in [0.25, 0.3) is 0 Å². The van der Waals surface area contributed by atoms with E-state index in [-0.39, 0.29) is 5.91 Å². The number of nitrogens with one attached hydrogen (secondary N) is 1. The second-order valence-electron chi connectivity index (χ2n) is 5.45. The second-order valence-corrected chi connectivity index (χ2v) is 5.45. The van der Waals surface area contributed by atoms with Crippen LogP contribution in [0.1, 0.15) is 78.6 Å². The van der Waals surface area contributed by atoms with Gasteiger partial charge in [0.1, 0.15) is 0 Å². The van der Waals surface area contributed by atoms with Crippen molar-refractivity contribution in [2.24, 2.45) is 5.92 Å². The molecule has 0 fully saturated rings. The molecule has 110 valence electrons. The third-order valence-corrected chi connectivity index (χ3v) is 2.97. The van der Waals surface area contributed by atoms with Crippen LogP contribution in [-0.2, 0) is 4.79 Å². The molecule has 0 aromatic heterocycles. The minimum Gasteiger partial charge on any atom is -0.355 e. The van der Waals surface area contributed by atoms with Crippen molar-refractivity contribution in [1.82, 2.24) is 5.32 Å². The zero-order chi connectivity index (χ0) is 14.3. The Labute approximate surface area is 119 Å². The zero-order valence-corrected chi connectivity index (χ0v) is 13.1. The summed E-state index contributed by atoms with van der Waals surface area (Å²) in [5.41, 5.74) is 0. The molecule has 19 heavy (non-hydrogen) atoms. The molecular formula is C17H31NO. The molecule has 0 aromatic rings. The van der Waals surface area contributed by atoms with Gasteiger partial charge in [-0.2, -0.15) is 0 Å². The molecule has 1 N–H and O–H groups in total. The first-order chi connectivity index (χ1) is 9.16. The summed E-state index contributed by atoms with van der Waals surface area (Å²) in [7, 11) is 0. The van der Waals surface area contributed by atoms with Gasteiger partial charge in [0, 0.05) is 25.3 Å². The summed E-state index contributed by atoms with van der Waals surface area (Å²) in [6.45, 7) is 7.07. The average molecular weight is 265 g/mol. The topological polar surface area (TPSA) is 29.1 Å². The van der Waals surface area contributed by atoms with Crippen molar-refractivity contribution >= 4 is 5.91 Å². The molecule has 0 saturated heterocycles. The Balaban J connectivity index is 3.29. The maximum Gasteiger partial charge on any atom is 0.220 e. The van der Waals surface area contributed by atoms with E-state index in [0.29, 0.717) is 18.9 Å². The van der Waals surface area contributed by atoms with Gasteiger partial charge < -0.3 is 5.32 Å². The highest BCUT2D eigenvalue weighted by Gasteiger charge is 1.99. The maximum absolute atomic E-state index is 11.5. The van der Waals surface area contributed by atoms with E-state index >= 15 is 0 Å². The van der Waals surface area contributed by atoms with Crippen LogP contribution in [0.3, 0.4) is 0 Å². The van der Waals surface area contributed by atoms with Crippen molar-refractivity contribution in [2.75, 3.05) is 6.54 Å². The highest BCUT2D eigenvalue weighted by Crippen LogP contribution is 2.08. The van der Waals surface area contributed by atoms with Gasteiger partial charge in [0.15, 0.2) is 0 Å². The van der Waals surface area contributed by atoms with E-state index in [1.54, 1.807) is 0 Å². The number of rotatable bonds is 10. The molecule has 0 bridgehead atoms. The summed E-state index contributed by atoms with van der Waals surface area (Å²) in [6, 6.07) is 0. The highest BCUT2D eigenvalue weighted by atomic mass is 16.1. The van der Waals surface area contributed by atoms with Gasteiger partial charge >= 0.3 is 0 Å². The predicted molar refractivity (Wildman–Crippen MR) is 82.9 cm³/mol. The van der Waals surface area contributed by atoms with Gasteiger partial charge in [-0.3, -0.25) is 4.79 Å². The standard InChI is InChI=1S/C17H31NO/c1-4-5-6-7-8-9-10-14-17(19)18-15-12-11-13-16(2)3/h16H,4-10,12,14-15H2,1-3H3,(H,18,19). The molecule has 0 radical (unpaired) electrons. The van der Waals surface area contributed by atoms with Crippen molar-refractivity contribution in [3.05, 3.63) is 0 Å². The van der Waals surface area contributed by atoms with E-state index in [1.165, 1.54) is 38.5 Å². The van der Waals surface area contributed by atoms with Crippen molar-refractivity contribution in [3.8, 4) is 11.8 Å². The fourth-order valence-electron chi connectivity index (χ4n) is 1.87. The molecule has 0 aliphatic rings. The molecule has 1 amide bonds. The molecule has 0 unspecified atom stereocenters. The summed E-state index contributed by atoms with van der Waals surface area (Å²) >= 11 is 0. The Bertz CT molecular complexity index is 273. The van der Waals surface area contributed by atoms with E-state index in [0.717, 1.165) is 12.8 Å². The molecule has 2 nitrogen and oxygen atoms in total. The number of hydrogen-bond acceptors (Lipinski definition) is 1. The normalized spacial score (nSPS) is 10.1. The SMILES string of the molecule is CCCCCCCCCC(=O)NCCC#CC(C)C. The number of amides is 1. The fraction of sp³-hybridized carbons (Fsp3) is 0.824. The number of unbranched alkanes of at least 4 members (excludes halogenated alkanes) is 6. The molecule has 0 rings (SSSR count). The summed E-state index contributed by atoms with van der Waals surface area (Å²) < 4.78 is 0. The second kappa shape index (κ2) is 13.5.